The van der Waals surface area contributed by atoms with Gasteiger partial charge in [0.25, 0.3) is 0 Å². The third-order valence-corrected chi connectivity index (χ3v) is 4.20. The molecule has 1 aliphatic heterocycles. The Hall–Kier alpha value is -2.24. The maximum atomic E-state index is 12.6. The van der Waals surface area contributed by atoms with Crippen molar-refractivity contribution in [2.45, 2.75) is 27.2 Å². The first-order chi connectivity index (χ1) is 11.5. The summed E-state index contributed by atoms with van der Waals surface area (Å²) in [7, 11) is 1.63. The topological polar surface area (TPSA) is 59.1 Å². The first-order valence-electron chi connectivity index (χ1n) is 8.29. The lowest BCUT2D eigenvalue weighted by Gasteiger charge is -2.34. The molecule has 6 nitrogen and oxygen atoms in total. The standard InChI is InChI=1S/C18H26N2O4/c1-5-24-18(22)20-8-6-19(7-9-20)16(21)12-15-11-13(2)10-14(3)17(15)23-4/h10-11H,5-9,12H2,1-4H3. The summed E-state index contributed by atoms with van der Waals surface area (Å²) in [5.41, 5.74) is 3.06. The molecule has 1 saturated heterocycles. The number of ether oxygens (including phenoxy) is 2. The monoisotopic (exact) mass is 334 g/mol. The minimum atomic E-state index is -0.305. The summed E-state index contributed by atoms with van der Waals surface area (Å²) >= 11 is 0. The van der Waals surface area contributed by atoms with Crippen molar-refractivity contribution in [3.05, 3.63) is 28.8 Å². The largest absolute Gasteiger partial charge is 0.496 e. The summed E-state index contributed by atoms with van der Waals surface area (Å²) in [6, 6.07) is 4.05. The Morgan fingerprint density at radius 1 is 1.08 bits per heavy atom. The van der Waals surface area contributed by atoms with Crippen LogP contribution >= 0.6 is 0 Å². The van der Waals surface area contributed by atoms with Crippen LogP contribution in [0.4, 0.5) is 4.79 Å². The van der Waals surface area contributed by atoms with Gasteiger partial charge in [-0.1, -0.05) is 17.7 Å². The van der Waals surface area contributed by atoms with E-state index in [4.69, 9.17) is 9.47 Å². The highest BCUT2D eigenvalue weighted by molar-refractivity contribution is 5.80. The first-order valence-corrected chi connectivity index (χ1v) is 8.29. The third kappa shape index (κ3) is 4.19. The van der Waals surface area contributed by atoms with Gasteiger partial charge in [-0.3, -0.25) is 4.79 Å². The Morgan fingerprint density at radius 2 is 1.71 bits per heavy atom. The van der Waals surface area contributed by atoms with Crippen LogP contribution in [0.25, 0.3) is 0 Å². The highest BCUT2D eigenvalue weighted by Gasteiger charge is 2.25. The number of amides is 2. The second-order valence-corrected chi connectivity index (χ2v) is 6.02. The molecule has 1 aliphatic rings. The Kier molecular flexibility index (Phi) is 6.06. The number of carbonyl (C=O) groups excluding carboxylic acids is 2. The number of piperazine rings is 1. The average molecular weight is 334 g/mol. The number of hydrogen-bond acceptors (Lipinski definition) is 4. The number of aryl methyl sites for hydroxylation is 2. The normalized spacial score (nSPS) is 14.5. The smallest absolute Gasteiger partial charge is 0.409 e. The van der Waals surface area contributed by atoms with Crippen LogP contribution in [0.2, 0.25) is 0 Å². The van der Waals surface area contributed by atoms with Gasteiger partial charge in [-0.25, -0.2) is 4.79 Å². The molecule has 1 aromatic rings. The quantitative estimate of drug-likeness (QED) is 0.847. The molecular formula is C18H26N2O4. The maximum Gasteiger partial charge on any atom is 0.409 e. The number of hydrogen-bond donors (Lipinski definition) is 0. The Balaban J connectivity index is 1.98. The van der Waals surface area contributed by atoms with E-state index in [1.54, 1.807) is 23.8 Å². The molecule has 6 heteroatoms. The van der Waals surface area contributed by atoms with Gasteiger partial charge >= 0.3 is 6.09 Å². The molecule has 1 aromatic carbocycles. The Morgan fingerprint density at radius 3 is 2.29 bits per heavy atom. The fourth-order valence-corrected chi connectivity index (χ4v) is 3.09. The molecule has 0 aromatic heterocycles. The minimum absolute atomic E-state index is 0.0572. The van der Waals surface area contributed by atoms with Gasteiger partial charge in [-0.05, 0) is 26.3 Å². The summed E-state index contributed by atoms with van der Waals surface area (Å²) in [5.74, 6) is 0.834. The molecule has 1 heterocycles. The van der Waals surface area contributed by atoms with Crippen LogP contribution < -0.4 is 4.74 Å². The van der Waals surface area contributed by atoms with Gasteiger partial charge in [0.1, 0.15) is 5.75 Å². The van der Waals surface area contributed by atoms with Crippen molar-refractivity contribution < 1.29 is 19.1 Å². The van der Waals surface area contributed by atoms with Crippen LogP contribution in [0.3, 0.4) is 0 Å². The van der Waals surface area contributed by atoms with Crippen molar-refractivity contribution in [1.82, 2.24) is 9.80 Å². The van der Waals surface area contributed by atoms with Crippen molar-refractivity contribution >= 4 is 12.0 Å². The molecule has 0 bridgehead atoms. The summed E-state index contributed by atoms with van der Waals surface area (Å²) in [5, 5.41) is 0. The second kappa shape index (κ2) is 8.04. The molecule has 1 fully saturated rings. The van der Waals surface area contributed by atoms with Crippen LogP contribution in [-0.2, 0) is 16.0 Å². The number of nitrogens with zero attached hydrogens (tertiary/aromatic N) is 2. The highest BCUT2D eigenvalue weighted by atomic mass is 16.6. The summed E-state index contributed by atoms with van der Waals surface area (Å²) in [4.78, 5) is 27.7. The molecule has 0 N–H and O–H groups in total. The predicted molar refractivity (Wildman–Crippen MR) is 91.3 cm³/mol. The van der Waals surface area contributed by atoms with E-state index in [1.165, 1.54) is 0 Å². The van der Waals surface area contributed by atoms with E-state index >= 15 is 0 Å². The number of benzene rings is 1. The molecule has 0 unspecified atom stereocenters. The van der Waals surface area contributed by atoms with E-state index in [-0.39, 0.29) is 12.0 Å². The second-order valence-electron chi connectivity index (χ2n) is 6.02. The van der Waals surface area contributed by atoms with Crippen LogP contribution in [0.1, 0.15) is 23.6 Å². The Bertz CT molecular complexity index is 607. The average Bonchev–Trinajstić information content (AvgIpc) is 2.55. The lowest BCUT2D eigenvalue weighted by Crippen LogP contribution is -2.51. The predicted octanol–water partition coefficient (Wildman–Crippen LogP) is 2.16. The van der Waals surface area contributed by atoms with Crippen LogP contribution in [0, 0.1) is 13.8 Å². The van der Waals surface area contributed by atoms with Crippen molar-refractivity contribution in [2.24, 2.45) is 0 Å². The van der Waals surface area contributed by atoms with Crippen molar-refractivity contribution in [1.29, 1.82) is 0 Å². The molecule has 2 rings (SSSR count). The molecule has 132 valence electrons. The minimum Gasteiger partial charge on any atom is -0.496 e. The van der Waals surface area contributed by atoms with Gasteiger partial charge in [-0.15, -0.1) is 0 Å². The zero-order valence-electron chi connectivity index (χ0n) is 14.9. The van der Waals surface area contributed by atoms with Gasteiger partial charge in [0, 0.05) is 31.7 Å². The van der Waals surface area contributed by atoms with Crippen LogP contribution in [0.5, 0.6) is 5.75 Å². The first kappa shape index (κ1) is 18.1. The number of rotatable bonds is 4. The fraction of sp³-hybridized carbons (Fsp3) is 0.556. The molecule has 0 saturated carbocycles. The molecule has 0 aliphatic carbocycles. The number of methoxy groups -OCH3 is 1. The van der Waals surface area contributed by atoms with Gasteiger partial charge in [0.2, 0.25) is 5.91 Å². The van der Waals surface area contributed by atoms with Crippen LogP contribution in [0.15, 0.2) is 12.1 Å². The van der Waals surface area contributed by atoms with Gasteiger partial charge < -0.3 is 19.3 Å². The van der Waals surface area contributed by atoms with Gasteiger partial charge in [-0.2, -0.15) is 0 Å². The van der Waals surface area contributed by atoms with E-state index in [2.05, 4.69) is 0 Å². The lowest BCUT2D eigenvalue weighted by atomic mass is 10.0. The van der Waals surface area contributed by atoms with Crippen molar-refractivity contribution in [2.75, 3.05) is 39.9 Å². The van der Waals surface area contributed by atoms with E-state index < -0.39 is 0 Å². The zero-order valence-corrected chi connectivity index (χ0v) is 14.9. The third-order valence-electron chi connectivity index (χ3n) is 4.20. The Labute approximate surface area is 143 Å². The summed E-state index contributed by atoms with van der Waals surface area (Å²) < 4.78 is 10.5. The molecule has 0 spiro atoms. The van der Waals surface area contributed by atoms with Crippen LogP contribution in [-0.4, -0.2) is 61.7 Å². The maximum absolute atomic E-state index is 12.6. The van der Waals surface area contributed by atoms with Crippen molar-refractivity contribution in [3.63, 3.8) is 0 Å². The molecule has 0 radical (unpaired) electrons. The molecular weight excluding hydrogens is 308 g/mol. The van der Waals surface area contributed by atoms with Gasteiger partial charge in [0.05, 0.1) is 20.1 Å². The highest BCUT2D eigenvalue weighted by Crippen LogP contribution is 2.26. The zero-order chi connectivity index (χ0) is 17.7. The van der Waals surface area contributed by atoms with Gasteiger partial charge in [0.15, 0.2) is 0 Å². The molecule has 24 heavy (non-hydrogen) atoms. The van der Waals surface area contributed by atoms with Crippen molar-refractivity contribution in [3.8, 4) is 5.75 Å². The fourth-order valence-electron chi connectivity index (χ4n) is 3.09. The molecule has 0 atom stereocenters. The van der Waals surface area contributed by atoms with E-state index in [0.29, 0.717) is 39.2 Å². The number of carbonyl (C=O) groups is 2. The van der Waals surface area contributed by atoms with E-state index in [0.717, 1.165) is 22.4 Å². The molecule has 2 amide bonds. The SMILES string of the molecule is CCOC(=O)N1CCN(C(=O)Cc2cc(C)cc(C)c2OC)CC1. The lowest BCUT2D eigenvalue weighted by molar-refractivity contribution is -0.132. The van der Waals surface area contributed by atoms with E-state index in [9.17, 15) is 9.59 Å². The summed E-state index contributed by atoms with van der Waals surface area (Å²) in [6.45, 7) is 8.23. The summed E-state index contributed by atoms with van der Waals surface area (Å²) in [6.07, 6.45) is 0.00559. The van der Waals surface area contributed by atoms with E-state index in [1.807, 2.05) is 26.0 Å².